The van der Waals surface area contributed by atoms with E-state index in [1.54, 1.807) is 11.3 Å². The molecule has 80 heavy (non-hydrogen) atoms. The summed E-state index contributed by atoms with van der Waals surface area (Å²) in [5.41, 5.74) is 7.95. The molecule has 0 atom stereocenters. The topological polar surface area (TPSA) is 36.9 Å². The average Bonchev–Trinajstić information content (AvgIpc) is 4.30. The highest BCUT2D eigenvalue weighted by Gasteiger charge is 2.52. The second kappa shape index (κ2) is 26.7. The molecule has 11 rings (SSSR count). The first-order chi connectivity index (χ1) is 38.4. The molecule has 0 N–H and O–H groups in total. The molecule has 5 heterocycles. The van der Waals surface area contributed by atoms with Crippen LogP contribution in [0.15, 0.2) is 135 Å². The molecule has 10 heteroatoms. The van der Waals surface area contributed by atoms with Gasteiger partial charge in [0.25, 0.3) is 0 Å². The van der Waals surface area contributed by atoms with E-state index in [1.807, 2.05) is 22.7 Å². The van der Waals surface area contributed by atoms with Gasteiger partial charge in [0.2, 0.25) is 0 Å². The molecule has 0 bridgehead atoms. The van der Waals surface area contributed by atoms with Gasteiger partial charge in [-0.1, -0.05) is 139 Å². The maximum atomic E-state index is 6.24. The van der Waals surface area contributed by atoms with Gasteiger partial charge in [-0.2, -0.15) is 0 Å². The van der Waals surface area contributed by atoms with Crippen LogP contribution in [0.3, 0.4) is 0 Å². The molecule has 420 valence electrons. The van der Waals surface area contributed by atoms with E-state index in [4.69, 9.17) is 18.6 Å². The Kier molecular flexibility index (Phi) is 20.2. The number of halogens is 1. The van der Waals surface area contributed by atoms with Gasteiger partial charge in [0.15, 0.2) is 0 Å². The quantitative estimate of drug-likeness (QED) is 0.0459. The maximum absolute atomic E-state index is 6.24. The second-order valence-electron chi connectivity index (χ2n) is 24.4. The van der Waals surface area contributed by atoms with Crippen LogP contribution >= 0.6 is 49.9 Å². The number of rotatable bonds is 19. The SMILES string of the molecule is CC1(C)OB(c2ccc3cc4cc(B5OC(C)(C)C(C)(C)O5)ccc4cc3c2)OC1(C)C.CCCCCCc1ccsc1-c1ccc2cc3cc(-c4sccc4CCCCCC)ccc3cc2c1.CCCCCCc1ccsc1Br. The van der Waals surface area contributed by atoms with E-state index >= 15 is 0 Å². The van der Waals surface area contributed by atoms with Crippen LogP contribution in [-0.4, -0.2) is 36.6 Å². The lowest BCUT2D eigenvalue weighted by atomic mass is 9.77. The van der Waals surface area contributed by atoms with E-state index < -0.39 is 0 Å². The van der Waals surface area contributed by atoms with Gasteiger partial charge in [-0.15, -0.1) is 34.0 Å². The number of aryl methyl sites for hydroxylation is 3. The minimum atomic E-state index is -0.356. The smallest absolute Gasteiger partial charge is 0.399 e. The van der Waals surface area contributed by atoms with Crippen LogP contribution in [0.1, 0.15) is 170 Å². The highest BCUT2D eigenvalue weighted by atomic mass is 79.9. The molecule has 6 aromatic carbocycles. The van der Waals surface area contributed by atoms with Crippen molar-refractivity contribution in [2.24, 2.45) is 0 Å². The average molecular weight is 1190 g/mol. The van der Waals surface area contributed by atoms with Crippen LogP contribution in [0.5, 0.6) is 0 Å². The lowest BCUT2D eigenvalue weighted by Crippen LogP contribution is -2.41. The summed E-state index contributed by atoms with van der Waals surface area (Å²) in [6, 6.07) is 43.1. The van der Waals surface area contributed by atoms with Gasteiger partial charge in [0, 0.05) is 9.75 Å². The van der Waals surface area contributed by atoms with E-state index in [0.717, 1.165) is 10.9 Å². The number of hydrogen-bond acceptors (Lipinski definition) is 7. The second-order valence-corrected chi connectivity index (χ2v) is 28.5. The summed E-state index contributed by atoms with van der Waals surface area (Å²) in [4.78, 5) is 2.90. The van der Waals surface area contributed by atoms with Crippen LogP contribution in [0.4, 0.5) is 0 Å². The van der Waals surface area contributed by atoms with Crippen molar-refractivity contribution in [2.75, 3.05) is 0 Å². The Balaban J connectivity index is 0.000000162. The molecule has 0 spiro atoms. The number of fused-ring (bicyclic) bond motifs is 4. The summed E-state index contributed by atoms with van der Waals surface area (Å²) in [5, 5.41) is 16.7. The summed E-state index contributed by atoms with van der Waals surface area (Å²) in [7, 11) is -0.711. The summed E-state index contributed by atoms with van der Waals surface area (Å²) in [6.45, 7) is 23.5. The van der Waals surface area contributed by atoms with Crippen molar-refractivity contribution in [1.82, 2.24) is 0 Å². The molecule has 9 aromatic rings. The molecule has 4 nitrogen and oxygen atoms in total. The summed E-state index contributed by atoms with van der Waals surface area (Å²) in [5.74, 6) is 0. The first-order valence-electron chi connectivity index (χ1n) is 29.9. The zero-order valence-electron chi connectivity index (χ0n) is 49.7. The van der Waals surface area contributed by atoms with Crippen LogP contribution in [0.25, 0.3) is 64.0 Å². The molecule has 2 aliphatic rings. The molecular weight excluding hydrogens is 1100 g/mol. The first-order valence-corrected chi connectivity index (χ1v) is 33.3. The molecule has 2 saturated heterocycles. The number of benzene rings is 6. The minimum absolute atomic E-state index is 0.347. The van der Waals surface area contributed by atoms with Gasteiger partial charge in [0.1, 0.15) is 0 Å². The monoisotopic (exact) mass is 1190 g/mol. The predicted octanol–water partition coefficient (Wildman–Crippen LogP) is 20.9. The Bertz CT molecular complexity index is 3260. The van der Waals surface area contributed by atoms with E-state index in [0.29, 0.717) is 0 Å². The molecule has 0 aliphatic carbocycles. The Morgan fingerprint density at radius 2 is 0.675 bits per heavy atom. The van der Waals surface area contributed by atoms with E-state index in [-0.39, 0.29) is 36.6 Å². The van der Waals surface area contributed by atoms with Gasteiger partial charge in [-0.05, 0) is 262 Å². The van der Waals surface area contributed by atoms with E-state index in [1.165, 1.54) is 181 Å². The highest BCUT2D eigenvalue weighted by Crippen LogP contribution is 2.40. The normalized spacial score (nSPS) is 16.1. The summed E-state index contributed by atoms with van der Waals surface area (Å²) < 4.78 is 26.3. The van der Waals surface area contributed by atoms with Crippen molar-refractivity contribution in [3.05, 3.63) is 152 Å². The van der Waals surface area contributed by atoms with Gasteiger partial charge in [0.05, 0.1) is 26.2 Å². The molecule has 0 unspecified atom stereocenters. The number of unbranched alkanes of at least 4 members (excludes halogenated alkanes) is 9. The lowest BCUT2D eigenvalue weighted by molar-refractivity contribution is 0.00578. The van der Waals surface area contributed by atoms with E-state index in [2.05, 4.69) is 223 Å². The van der Waals surface area contributed by atoms with Crippen LogP contribution < -0.4 is 10.9 Å². The molecule has 2 fully saturated rings. The Morgan fingerprint density at radius 1 is 0.350 bits per heavy atom. The zero-order valence-corrected chi connectivity index (χ0v) is 53.7. The molecule has 0 amide bonds. The van der Waals surface area contributed by atoms with Crippen molar-refractivity contribution in [2.45, 2.75) is 195 Å². The van der Waals surface area contributed by atoms with Crippen LogP contribution in [0, 0.1) is 0 Å². The summed E-state index contributed by atoms with van der Waals surface area (Å²) in [6.07, 6.45) is 19.6. The van der Waals surface area contributed by atoms with Gasteiger partial charge in [-0.3, -0.25) is 0 Å². The highest BCUT2D eigenvalue weighted by molar-refractivity contribution is 9.11. The largest absolute Gasteiger partial charge is 0.494 e. The number of thiophene rings is 3. The van der Waals surface area contributed by atoms with Crippen molar-refractivity contribution in [3.63, 3.8) is 0 Å². The first kappa shape index (κ1) is 60.5. The van der Waals surface area contributed by atoms with Crippen LogP contribution in [0.2, 0.25) is 0 Å². The predicted molar refractivity (Wildman–Crippen MR) is 357 cm³/mol. The van der Waals surface area contributed by atoms with Crippen molar-refractivity contribution in [3.8, 4) is 20.9 Å². The molecule has 0 saturated carbocycles. The van der Waals surface area contributed by atoms with Crippen molar-refractivity contribution >= 4 is 118 Å². The lowest BCUT2D eigenvalue weighted by Gasteiger charge is -2.32. The number of hydrogen-bond donors (Lipinski definition) is 0. The van der Waals surface area contributed by atoms with Gasteiger partial charge < -0.3 is 18.6 Å². The maximum Gasteiger partial charge on any atom is 0.494 e. The Morgan fingerprint density at radius 3 is 1.02 bits per heavy atom. The van der Waals surface area contributed by atoms with Crippen molar-refractivity contribution in [1.29, 1.82) is 0 Å². The molecular formula is C70H85B2BrO4S3. The fourth-order valence-electron chi connectivity index (χ4n) is 10.9. The molecule has 0 radical (unpaired) electrons. The zero-order chi connectivity index (χ0) is 56.7. The van der Waals surface area contributed by atoms with Crippen LogP contribution in [-0.2, 0) is 37.9 Å². The minimum Gasteiger partial charge on any atom is -0.399 e. The Labute approximate surface area is 500 Å². The summed E-state index contributed by atoms with van der Waals surface area (Å²) >= 11 is 9.12. The fourth-order valence-corrected chi connectivity index (χ4v) is 14.1. The van der Waals surface area contributed by atoms with Gasteiger partial charge in [-0.25, -0.2) is 0 Å². The fraction of sp³-hybridized carbons (Fsp3) is 0.429. The third-order valence-corrected chi connectivity index (χ3v) is 21.1. The van der Waals surface area contributed by atoms with Crippen molar-refractivity contribution < 1.29 is 18.6 Å². The van der Waals surface area contributed by atoms with Gasteiger partial charge >= 0.3 is 14.2 Å². The molecule has 3 aromatic heterocycles. The standard InChI is InChI=1S/C34H38S2.C26H32B2O4.C10H15BrS/c1-3-5-7-9-11-25-17-19-35-33(25)29-15-13-27-22-32-24-30(16-14-28(32)21-31(27)23-29)34-26(18-20-36-34)12-10-8-6-4-2;1-23(2)24(3,4)30-27(29-23)21-11-9-17-14-20-16-22(12-10-18(20)13-19(17)15-21)28-31-25(5,6)26(7,8)32-28;1-2-3-4-5-6-9-7-8-12-10(9)11/h13-24H,3-12H2,1-2H3;9-16H,1-8H3;7-8H,2-6H2,1H3. The third-order valence-electron chi connectivity index (χ3n) is 17.3. The third kappa shape index (κ3) is 14.3. The Hall–Kier alpha value is -4.09. The molecule has 2 aliphatic heterocycles. The van der Waals surface area contributed by atoms with E-state index in [9.17, 15) is 0 Å².